The first-order valence-electron chi connectivity index (χ1n) is 6.03. The fourth-order valence-corrected chi connectivity index (χ4v) is 3.66. The Morgan fingerprint density at radius 1 is 1.42 bits per heavy atom. The number of rotatable bonds is 5. The largest absolute Gasteiger partial charge is 0.441 e. The molecule has 7 heteroatoms. The van der Waals surface area contributed by atoms with Crippen molar-refractivity contribution in [2.75, 3.05) is 5.75 Å². The fraction of sp³-hybridized carbons (Fsp3) is 0.417. The van der Waals surface area contributed by atoms with Gasteiger partial charge in [-0.05, 0) is 46.8 Å². The third kappa shape index (κ3) is 3.34. The van der Waals surface area contributed by atoms with E-state index in [1.54, 1.807) is 12.3 Å². The van der Waals surface area contributed by atoms with Gasteiger partial charge in [-0.25, -0.2) is 18.1 Å². The summed E-state index contributed by atoms with van der Waals surface area (Å²) >= 11 is 3.33. The molecule has 2 heterocycles. The SMILES string of the molecule is O=S(=O)(CC1CC1)NCc1cc2cc(Br)cnc2o1. The molecule has 102 valence electrons. The minimum Gasteiger partial charge on any atom is -0.441 e. The van der Waals surface area contributed by atoms with E-state index < -0.39 is 10.0 Å². The van der Waals surface area contributed by atoms with Gasteiger partial charge in [0.05, 0.1) is 12.3 Å². The highest BCUT2D eigenvalue weighted by Gasteiger charge is 2.27. The zero-order valence-corrected chi connectivity index (χ0v) is 12.5. The van der Waals surface area contributed by atoms with Crippen LogP contribution in [-0.2, 0) is 16.6 Å². The molecule has 0 aromatic carbocycles. The van der Waals surface area contributed by atoms with Crippen molar-refractivity contribution in [2.24, 2.45) is 5.92 Å². The summed E-state index contributed by atoms with van der Waals surface area (Å²) in [5, 5.41) is 0.853. The molecule has 0 saturated heterocycles. The smallest absolute Gasteiger partial charge is 0.226 e. The van der Waals surface area contributed by atoms with E-state index >= 15 is 0 Å². The molecule has 0 bridgehead atoms. The van der Waals surface area contributed by atoms with Crippen LogP contribution in [0.3, 0.4) is 0 Å². The van der Waals surface area contributed by atoms with Crippen LogP contribution in [0.2, 0.25) is 0 Å². The van der Waals surface area contributed by atoms with Crippen LogP contribution < -0.4 is 4.72 Å². The maximum atomic E-state index is 11.7. The monoisotopic (exact) mass is 344 g/mol. The molecule has 0 spiro atoms. The van der Waals surface area contributed by atoms with Crippen LogP contribution >= 0.6 is 15.9 Å². The molecule has 1 N–H and O–H groups in total. The summed E-state index contributed by atoms with van der Waals surface area (Å²) < 4.78 is 32.4. The molecule has 0 radical (unpaired) electrons. The highest BCUT2D eigenvalue weighted by atomic mass is 79.9. The van der Waals surface area contributed by atoms with Gasteiger partial charge in [-0.3, -0.25) is 0 Å². The second kappa shape index (κ2) is 4.88. The molecule has 2 aromatic rings. The van der Waals surface area contributed by atoms with Gasteiger partial charge in [-0.15, -0.1) is 0 Å². The molecule has 0 atom stereocenters. The summed E-state index contributed by atoms with van der Waals surface area (Å²) in [6.07, 6.45) is 3.68. The predicted molar refractivity (Wildman–Crippen MR) is 75.1 cm³/mol. The normalized spacial score (nSPS) is 16.1. The van der Waals surface area contributed by atoms with E-state index in [1.165, 1.54) is 0 Å². The Morgan fingerprint density at radius 2 is 2.21 bits per heavy atom. The number of hydrogen-bond acceptors (Lipinski definition) is 4. The molecule has 5 nitrogen and oxygen atoms in total. The fourth-order valence-electron chi connectivity index (χ4n) is 1.88. The summed E-state index contributed by atoms with van der Waals surface area (Å²) in [4.78, 5) is 4.11. The first-order valence-corrected chi connectivity index (χ1v) is 8.48. The lowest BCUT2D eigenvalue weighted by atomic mass is 10.3. The van der Waals surface area contributed by atoms with Crippen molar-refractivity contribution < 1.29 is 12.8 Å². The van der Waals surface area contributed by atoms with Gasteiger partial charge in [0, 0.05) is 16.1 Å². The van der Waals surface area contributed by atoms with Crippen molar-refractivity contribution >= 4 is 37.1 Å². The van der Waals surface area contributed by atoms with Crippen LogP contribution in [0.5, 0.6) is 0 Å². The topological polar surface area (TPSA) is 72.2 Å². The van der Waals surface area contributed by atoms with E-state index in [-0.39, 0.29) is 12.3 Å². The molecule has 19 heavy (non-hydrogen) atoms. The number of nitrogens with zero attached hydrogens (tertiary/aromatic N) is 1. The number of fused-ring (bicyclic) bond motifs is 1. The Balaban J connectivity index is 1.70. The number of pyridine rings is 1. The molecular formula is C12H13BrN2O3S. The van der Waals surface area contributed by atoms with Gasteiger partial charge in [0.15, 0.2) is 0 Å². The maximum absolute atomic E-state index is 11.7. The van der Waals surface area contributed by atoms with Crippen molar-refractivity contribution in [3.8, 4) is 0 Å². The van der Waals surface area contributed by atoms with E-state index in [9.17, 15) is 8.42 Å². The molecule has 1 saturated carbocycles. The minimum absolute atomic E-state index is 0.170. The van der Waals surface area contributed by atoms with Gasteiger partial charge in [0.1, 0.15) is 5.76 Å². The van der Waals surface area contributed by atoms with Crippen LogP contribution in [-0.4, -0.2) is 19.2 Å². The molecule has 1 fully saturated rings. The van der Waals surface area contributed by atoms with Gasteiger partial charge < -0.3 is 4.42 Å². The average Bonchev–Trinajstić information content (AvgIpc) is 3.04. The lowest BCUT2D eigenvalue weighted by Gasteiger charge is -2.03. The zero-order valence-electron chi connectivity index (χ0n) is 10.1. The Labute approximate surface area is 119 Å². The molecule has 0 amide bonds. The number of hydrogen-bond donors (Lipinski definition) is 1. The first kappa shape index (κ1) is 13.1. The van der Waals surface area contributed by atoms with E-state index in [0.717, 1.165) is 22.7 Å². The van der Waals surface area contributed by atoms with E-state index in [0.29, 0.717) is 17.4 Å². The number of nitrogens with one attached hydrogen (secondary N) is 1. The Kier molecular flexibility index (Phi) is 3.36. The first-order chi connectivity index (χ1) is 9.02. The van der Waals surface area contributed by atoms with Crippen LogP contribution in [0.1, 0.15) is 18.6 Å². The van der Waals surface area contributed by atoms with Crippen molar-refractivity contribution in [3.05, 3.63) is 28.6 Å². The Morgan fingerprint density at radius 3 is 2.95 bits per heavy atom. The number of halogens is 1. The van der Waals surface area contributed by atoms with Crippen molar-refractivity contribution in [2.45, 2.75) is 19.4 Å². The summed E-state index contributed by atoms with van der Waals surface area (Å²) in [5.74, 6) is 1.13. The molecule has 3 rings (SSSR count). The Bertz CT molecular complexity index is 707. The second-order valence-corrected chi connectivity index (χ2v) is 7.57. The van der Waals surface area contributed by atoms with Gasteiger partial charge in [0.25, 0.3) is 0 Å². The molecule has 0 unspecified atom stereocenters. The molecule has 1 aliphatic rings. The molecule has 0 aliphatic heterocycles. The van der Waals surface area contributed by atoms with Crippen LogP contribution in [0.15, 0.2) is 27.2 Å². The third-order valence-corrected chi connectivity index (χ3v) is 4.94. The Hall–Kier alpha value is -0.920. The lowest BCUT2D eigenvalue weighted by Crippen LogP contribution is -2.26. The molecular weight excluding hydrogens is 332 g/mol. The summed E-state index contributed by atoms with van der Waals surface area (Å²) in [6, 6.07) is 3.68. The molecule has 1 aliphatic carbocycles. The minimum atomic E-state index is -3.20. The summed E-state index contributed by atoms with van der Waals surface area (Å²) in [6.45, 7) is 0.170. The van der Waals surface area contributed by atoms with Gasteiger partial charge >= 0.3 is 0 Å². The average molecular weight is 345 g/mol. The van der Waals surface area contributed by atoms with Crippen LogP contribution in [0.4, 0.5) is 0 Å². The molecule has 2 aromatic heterocycles. The predicted octanol–water partition coefficient (Wildman–Crippen LogP) is 2.42. The van der Waals surface area contributed by atoms with Gasteiger partial charge in [0.2, 0.25) is 15.7 Å². The quantitative estimate of drug-likeness (QED) is 0.903. The zero-order chi connectivity index (χ0) is 13.5. The van der Waals surface area contributed by atoms with E-state index in [1.807, 2.05) is 6.07 Å². The standard InChI is InChI=1S/C12H13BrN2O3S/c13-10-3-9-4-11(18-12(9)14-5-10)6-15-19(16,17)7-8-1-2-8/h3-5,8,15H,1-2,6-7H2. The number of sulfonamides is 1. The summed E-state index contributed by atoms with van der Waals surface area (Å²) in [7, 11) is -3.20. The van der Waals surface area contributed by atoms with Gasteiger partial charge in [-0.2, -0.15) is 0 Å². The summed E-state index contributed by atoms with van der Waals surface area (Å²) in [5.41, 5.74) is 0.514. The van der Waals surface area contributed by atoms with Crippen molar-refractivity contribution in [1.82, 2.24) is 9.71 Å². The van der Waals surface area contributed by atoms with E-state index in [2.05, 4.69) is 25.6 Å². The van der Waals surface area contributed by atoms with Crippen LogP contribution in [0, 0.1) is 5.92 Å². The number of aromatic nitrogens is 1. The second-order valence-electron chi connectivity index (χ2n) is 4.81. The maximum Gasteiger partial charge on any atom is 0.226 e. The van der Waals surface area contributed by atoms with Crippen LogP contribution in [0.25, 0.3) is 11.1 Å². The van der Waals surface area contributed by atoms with Crippen molar-refractivity contribution in [3.63, 3.8) is 0 Å². The van der Waals surface area contributed by atoms with Gasteiger partial charge in [-0.1, -0.05) is 0 Å². The van der Waals surface area contributed by atoms with E-state index in [4.69, 9.17) is 4.42 Å². The lowest BCUT2D eigenvalue weighted by molar-refractivity contribution is 0.522. The highest BCUT2D eigenvalue weighted by Crippen LogP contribution is 2.30. The number of furan rings is 1. The third-order valence-electron chi connectivity index (χ3n) is 3.01. The van der Waals surface area contributed by atoms with Crippen molar-refractivity contribution in [1.29, 1.82) is 0 Å². The highest BCUT2D eigenvalue weighted by molar-refractivity contribution is 9.10.